The maximum absolute atomic E-state index is 6.06. The number of rotatable bonds is 3. The monoisotopic (exact) mass is 362 g/mol. The highest BCUT2D eigenvalue weighted by molar-refractivity contribution is 6.30. The number of nitrogens with zero attached hydrogens (tertiary/aromatic N) is 2. The van der Waals surface area contributed by atoms with Crippen LogP contribution in [0.15, 0.2) is 34.9 Å². The Morgan fingerprint density at radius 1 is 1.16 bits per heavy atom. The molecule has 134 valence electrons. The highest BCUT2D eigenvalue weighted by Crippen LogP contribution is 2.34. The number of benzene rings is 1. The first-order valence-electron chi connectivity index (χ1n) is 8.81. The van der Waals surface area contributed by atoms with Crippen molar-refractivity contribution in [2.45, 2.75) is 19.4 Å². The lowest BCUT2D eigenvalue weighted by atomic mass is 9.80. The quantitative estimate of drug-likeness (QED) is 0.834. The fourth-order valence-electron chi connectivity index (χ4n) is 3.67. The van der Waals surface area contributed by atoms with Crippen LogP contribution < -0.4 is 0 Å². The van der Waals surface area contributed by atoms with E-state index in [1.165, 1.54) is 0 Å². The van der Waals surface area contributed by atoms with Crippen molar-refractivity contribution in [1.82, 2.24) is 9.88 Å². The van der Waals surface area contributed by atoms with Gasteiger partial charge in [0.25, 0.3) is 0 Å². The van der Waals surface area contributed by atoms with E-state index in [4.69, 9.17) is 25.5 Å². The van der Waals surface area contributed by atoms with Crippen LogP contribution in [0.4, 0.5) is 0 Å². The molecule has 0 N–H and O–H groups in total. The lowest BCUT2D eigenvalue weighted by molar-refractivity contribution is -0.0323. The number of ether oxygens (including phenoxy) is 2. The van der Waals surface area contributed by atoms with Gasteiger partial charge in [0, 0.05) is 42.3 Å². The minimum atomic E-state index is 0.205. The maximum Gasteiger partial charge on any atom is 0.209 e. The average Bonchev–Trinajstić information content (AvgIpc) is 2.99. The van der Waals surface area contributed by atoms with Crippen LogP contribution in [0.25, 0.3) is 11.3 Å². The smallest absolute Gasteiger partial charge is 0.209 e. The van der Waals surface area contributed by atoms with Gasteiger partial charge in [-0.2, -0.15) is 0 Å². The first kappa shape index (κ1) is 17.0. The molecule has 2 aromatic rings. The van der Waals surface area contributed by atoms with E-state index in [1.54, 1.807) is 6.20 Å². The van der Waals surface area contributed by atoms with Gasteiger partial charge in [-0.05, 0) is 25.0 Å². The molecule has 6 heteroatoms. The number of hydrogen-bond donors (Lipinski definition) is 0. The van der Waals surface area contributed by atoms with Crippen molar-refractivity contribution in [3.63, 3.8) is 0 Å². The van der Waals surface area contributed by atoms with Crippen molar-refractivity contribution in [2.75, 3.05) is 39.5 Å². The zero-order chi connectivity index (χ0) is 17.1. The molecular weight excluding hydrogens is 340 g/mol. The molecule has 0 saturated carbocycles. The molecule has 4 rings (SSSR count). The van der Waals surface area contributed by atoms with Gasteiger partial charge >= 0.3 is 0 Å². The standard InChI is InChI=1S/C19H23ClN2O3/c20-16-3-1-2-15(10-16)17-11-21-18(25-17)12-22-6-9-24-14-19(13-22)4-7-23-8-5-19/h1-3,10-11H,4-9,12-14H2. The van der Waals surface area contributed by atoms with Crippen molar-refractivity contribution in [2.24, 2.45) is 5.41 Å². The fourth-order valence-corrected chi connectivity index (χ4v) is 3.86. The maximum atomic E-state index is 6.06. The topological polar surface area (TPSA) is 47.7 Å². The first-order valence-corrected chi connectivity index (χ1v) is 9.19. The predicted molar refractivity (Wildman–Crippen MR) is 95.5 cm³/mol. The summed E-state index contributed by atoms with van der Waals surface area (Å²) in [7, 11) is 0. The van der Waals surface area contributed by atoms with Gasteiger partial charge in [0.05, 0.1) is 26.0 Å². The van der Waals surface area contributed by atoms with Crippen LogP contribution in [0.1, 0.15) is 18.7 Å². The summed E-state index contributed by atoms with van der Waals surface area (Å²) in [5, 5.41) is 0.696. The Bertz CT molecular complexity index is 712. The van der Waals surface area contributed by atoms with E-state index in [-0.39, 0.29) is 5.41 Å². The second kappa shape index (κ2) is 7.46. The number of aromatic nitrogens is 1. The van der Waals surface area contributed by atoms with E-state index in [0.29, 0.717) is 11.6 Å². The predicted octanol–water partition coefficient (Wildman–Crippen LogP) is 3.62. The third-order valence-corrected chi connectivity index (χ3v) is 5.33. The Hall–Kier alpha value is -1.40. The fraction of sp³-hybridized carbons (Fsp3) is 0.526. The molecule has 1 aromatic heterocycles. The molecule has 0 atom stereocenters. The molecule has 0 bridgehead atoms. The zero-order valence-electron chi connectivity index (χ0n) is 14.2. The molecule has 1 aromatic carbocycles. The van der Waals surface area contributed by atoms with Crippen LogP contribution >= 0.6 is 11.6 Å². The van der Waals surface area contributed by atoms with Crippen molar-refractivity contribution < 1.29 is 13.9 Å². The van der Waals surface area contributed by atoms with Crippen molar-refractivity contribution in [3.05, 3.63) is 41.4 Å². The second-order valence-electron chi connectivity index (χ2n) is 7.00. The highest BCUT2D eigenvalue weighted by Gasteiger charge is 2.36. The molecule has 3 heterocycles. The molecule has 1 spiro atoms. The summed E-state index contributed by atoms with van der Waals surface area (Å²) in [6.07, 6.45) is 3.89. The highest BCUT2D eigenvalue weighted by atomic mass is 35.5. The number of hydrogen-bond acceptors (Lipinski definition) is 5. The number of oxazole rings is 1. The Kier molecular flexibility index (Phi) is 5.08. The van der Waals surface area contributed by atoms with Gasteiger partial charge in [0.15, 0.2) is 5.76 Å². The summed E-state index contributed by atoms with van der Waals surface area (Å²) < 4.78 is 17.4. The minimum Gasteiger partial charge on any atom is -0.439 e. The molecular formula is C19H23ClN2O3. The van der Waals surface area contributed by atoms with Gasteiger partial charge in [0.2, 0.25) is 5.89 Å². The van der Waals surface area contributed by atoms with Gasteiger partial charge < -0.3 is 13.9 Å². The van der Waals surface area contributed by atoms with Crippen molar-refractivity contribution in [3.8, 4) is 11.3 Å². The summed E-state index contributed by atoms with van der Waals surface area (Å²) in [4.78, 5) is 6.86. The molecule has 2 saturated heterocycles. The van der Waals surface area contributed by atoms with E-state index >= 15 is 0 Å². The lowest BCUT2D eigenvalue weighted by Crippen LogP contribution is -2.42. The van der Waals surface area contributed by atoms with Gasteiger partial charge in [-0.3, -0.25) is 4.90 Å². The molecule has 0 unspecified atom stereocenters. The normalized spacial score (nSPS) is 21.3. The van der Waals surface area contributed by atoms with Crippen LogP contribution in [0, 0.1) is 5.41 Å². The molecule has 0 radical (unpaired) electrons. The van der Waals surface area contributed by atoms with Gasteiger partial charge in [0.1, 0.15) is 0 Å². The molecule has 2 aliphatic rings. The van der Waals surface area contributed by atoms with Crippen molar-refractivity contribution >= 4 is 11.6 Å². The Labute approximate surface area is 152 Å². The Morgan fingerprint density at radius 3 is 2.88 bits per heavy atom. The molecule has 5 nitrogen and oxygen atoms in total. The van der Waals surface area contributed by atoms with Gasteiger partial charge in [-0.15, -0.1) is 0 Å². The van der Waals surface area contributed by atoms with E-state index in [1.807, 2.05) is 24.3 Å². The minimum absolute atomic E-state index is 0.205. The second-order valence-corrected chi connectivity index (χ2v) is 7.44. The third kappa shape index (κ3) is 4.06. The summed E-state index contributed by atoms with van der Waals surface area (Å²) in [6, 6.07) is 7.64. The zero-order valence-corrected chi connectivity index (χ0v) is 15.0. The van der Waals surface area contributed by atoms with E-state index in [0.717, 1.165) is 69.6 Å². The lowest BCUT2D eigenvalue weighted by Gasteiger charge is -2.38. The summed E-state index contributed by atoms with van der Waals surface area (Å²) in [6.45, 7) is 5.84. The molecule has 2 aliphatic heterocycles. The SMILES string of the molecule is Clc1cccc(-c2cnc(CN3CCOCC4(CCOCC4)C3)o2)c1. The summed E-state index contributed by atoms with van der Waals surface area (Å²) in [5.41, 5.74) is 1.16. The molecule has 25 heavy (non-hydrogen) atoms. The number of halogens is 1. The van der Waals surface area contributed by atoms with E-state index < -0.39 is 0 Å². The summed E-state index contributed by atoms with van der Waals surface area (Å²) in [5.74, 6) is 1.49. The van der Waals surface area contributed by atoms with Crippen LogP contribution in [-0.4, -0.2) is 49.4 Å². The van der Waals surface area contributed by atoms with Crippen LogP contribution in [0.2, 0.25) is 5.02 Å². The summed E-state index contributed by atoms with van der Waals surface area (Å²) >= 11 is 6.06. The Balaban J connectivity index is 1.46. The van der Waals surface area contributed by atoms with Gasteiger partial charge in [-0.25, -0.2) is 4.98 Å². The molecule has 0 aliphatic carbocycles. The van der Waals surface area contributed by atoms with Crippen LogP contribution in [-0.2, 0) is 16.0 Å². The third-order valence-electron chi connectivity index (χ3n) is 5.09. The largest absolute Gasteiger partial charge is 0.439 e. The van der Waals surface area contributed by atoms with Crippen LogP contribution in [0.5, 0.6) is 0 Å². The molecule has 2 fully saturated rings. The van der Waals surface area contributed by atoms with E-state index in [2.05, 4.69) is 9.88 Å². The van der Waals surface area contributed by atoms with Gasteiger partial charge in [-0.1, -0.05) is 23.7 Å². The molecule has 0 amide bonds. The first-order chi connectivity index (χ1) is 12.2. The van der Waals surface area contributed by atoms with Crippen molar-refractivity contribution in [1.29, 1.82) is 0 Å². The average molecular weight is 363 g/mol. The Morgan fingerprint density at radius 2 is 2.04 bits per heavy atom. The van der Waals surface area contributed by atoms with E-state index in [9.17, 15) is 0 Å². The van der Waals surface area contributed by atoms with Crippen LogP contribution in [0.3, 0.4) is 0 Å².